The molecule has 21 heavy (non-hydrogen) atoms. The topological polar surface area (TPSA) is 37.8 Å². The molecule has 3 aromatic rings. The van der Waals surface area contributed by atoms with Crippen LogP contribution >= 0.6 is 11.6 Å². The third kappa shape index (κ3) is 2.69. The number of nitrogens with zero attached hydrogens (tertiary/aromatic N) is 2. The Balaban J connectivity index is 2.26. The van der Waals surface area contributed by atoms with Gasteiger partial charge in [-0.1, -0.05) is 35.9 Å². The van der Waals surface area contributed by atoms with E-state index in [9.17, 15) is 0 Å². The van der Waals surface area contributed by atoms with Crippen molar-refractivity contribution < 1.29 is 0 Å². The molecule has 0 radical (unpaired) electrons. The van der Waals surface area contributed by atoms with Crippen LogP contribution in [0.25, 0.3) is 22.3 Å². The molecule has 1 N–H and O–H groups in total. The summed E-state index contributed by atoms with van der Waals surface area (Å²) in [6.07, 6.45) is 0. The highest BCUT2D eigenvalue weighted by Crippen LogP contribution is 2.28. The second kappa shape index (κ2) is 5.70. The van der Waals surface area contributed by atoms with E-state index in [4.69, 9.17) is 11.6 Å². The number of nitrogens with one attached hydrogen (secondary N) is 1. The molecule has 0 aliphatic carbocycles. The summed E-state index contributed by atoms with van der Waals surface area (Å²) in [5.74, 6) is 1.56. The minimum atomic E-state index is 0.689. The first-order chi connectivity index (χ1) is 10.2. The van der Waals surface area contributed by atoms with Gasteiger partial charge in [-0.2, -0.15) is 0 Å². The van der Waals surface area contributed by atoms with Crippen molar-refractivity contribution in [2.24, 2.45) is 0 Å². The second-order valence-electron chi connectivity index (χ2n) is 4.90. The summed E-state index contributed by atoms with van der Waals surface area (Å²) in [7, 11) is 0. The van der Waals surface area contributed by atoms with E-state index in [1.165, 1.54) is 0 Å². The van der Waals surface area contributed by atoms with Gasteiger partial charge in [0.25, 0.3) is 0 Å². The van der Waals surface area contributed by atoms with Gasteiger partial charge in [0.2, 0.25) is 0 Å². The van der Waals surface area contributed by atoms with Gasteiger partial charge in [-0.15, -0.1) is 0 Å². The summed E-state index contributed by atoms with van der Waals surface area (Å²) in [6, 6.07) is 13.8. The first-order valence-corrected chi connectivity index (χ1v) is 7.34. The number of aromatic nitrogens is 2. The van der Waals surface area contributed by atoms with Crippen molar-refractivity contribution in [1.29, 1.82) is 0 Å². The molecule has 0 bridgehead atoms. The smallest absolute Gasteiger partial charge is 0.162 e. The van der Waals surface area contributed by atoms with Gasteiger partial charge in [0.15, 0.2) is 5.82 Å². The molecular weight excluding hydrogens is 282 g/mol. The van der Waals surface area contributed by atoms with Gasteiger partial charge in [-0.25, -0.2) is 9.97 Å². The second-order valence-corrected chi connectivity index (χ2v) is 5.34. The molecule has 4 heteroatoms. The van der Waals surface area contributed by atoms with Crippen LogP contribution in [0.5, 0.6) is 0 Å². The zero-order valence-corrected chi connectivity index (χ0v) is 12.8. The molecule has 0 aliphatic heterocycles. The van der Waals surface area contributed by atoms with Crippen molar-refractivity contribution in [2.75, 3.05) is 11.9 Å². The first kappa shape index (κ1) is 13.8. The summed E-state index contributed by atoms with van der Waals surface area (Å²) in [6.45, 7) is 4.91. The third-order valence-electron chi connectivity index (χ3n) is 3.39. The Morgan fingerprint density at radius 2 is 1.90 bits per heavy atom. The van der Waals surface area contributed by atoms with Gasteiger partial charge in [-0.3, -0.25) is 0 Å². The van der Waals surface area contributed by atoms with E-state index < -0.39 is 0 Å². The zero-order chi connectivity index (χ0) is 14.8. The molecule has 106 valence electrons. The maximum atomic E-state index is 6.09. The van der Waals surface area contributed by atoms with Gasteiger partial charge >= 0.3 is 0 Å². The van der Waals surface area contributed by atoms with Crippen LogP contribution in [0.15, 0.2) is 42.5 Å². The highest BCUT2D eigenvalue weighted by Gasteiger charge is 2.10. The monoisotopic (exact) mass is 297 g/mol. The van der Waals surface area contributed by atoms with E-state index in [1.807, 2.05) is 43.3 Å². The average Bonchev–Trinajstić information content (AvgIpc) is 2.48. The lowest BCUT2D eigenvalue weighted by Crippen LogP contribution is -2.03. The summed E-state index contributed by atoms with van der Waals surface area (Å²) >= 11 is 6.09. The van der Waals surface area contributed by atoms with E-state index in [0.29, 0.717) is 5.02 Å². The van der Waals surface area contributed by atoms with Gasteiger partial charge in [0.1, 0.15) is 5.82 Å². The number of aryl methyl sites for hydroxylation is 1. The fourth-order valence-electron chi connectivity index (χ4n) is 2.35. The predicted octanol–water partition coefficient (Wildman–Crippen LogP) is 4.69. The Labute approximate surface area is 129 Å². The molecule has 0 unspecified atom stereocenters. The molecule has 1 heterocycles. The standard InChI is InChI=1S/C17H16ClN3/c1-3-19-16-14-10-12(18)8-9-15(14)20-17(21-16)13-7-5-4-6-11(13)2/h4-10H,3H2,1-2H3,(H,19,20,21). The lowest BCUT2D eigenvalue weighted by molar-refractivity contribution is 1.14. The highest BCUT2D eigenvalue weighted by atomic mass is 35.5. The van der Waals surface area contributed by atoms with Crippen LogP contribution in [0, 0.1) is 6.92 Å². The molecule has 0 atom stereocenters. The van der Waals surface area contributed by atoms with Crippen molar-refractivity contribution in [1.82, 2.24) is 9.97 Å². The molecule has 1 aromatic heterocycles. The van der Waals surface area contributed by atoms with Crippen LogP contribution < -0.4 is 5.32 Å². The lowest BCUT2D eigenvalue weighted by atomic mass is 10.1. The Hall–Kier alpha value is -2.13. The fraction of sp³-hybridized carbons (Fsp3) is 0.176. The largest absolute Gasteiger partial charge is 0.370 e. The quantitative estimate of drug-likeness (QED) is 0.762. The Morgan fingerprint density at radius 1 is 1.10 bits per heavy atom. The van der Waals surface area contributed by atoms with E-state index in [-0.39, 0.29) is 0 Å². The Morgan fingerprint density at radius 3 is 2.67 bits per heavy atom. The molecule has 0 saturated carbocycles. The molecular formula is C17H16ClN3. The summed E-state index contributed by atoms with van der Waals surface area (Å²) in [4.78, 5) is 9.36. The molecule has 0 fully saturated rings. The zero-order valence-electron chi connectivity index (χ0n) is 12.0. The number of hydrogen-bond acceptors (Lipinski definition) is 3. The van der Waals surface area contributed by atoms with Crippen molar-refractivity contribution >= 4 is 28.3 Å². The molecule has 3 nitrogen and oxygen atoms in total. The SMILES string of the molecule is CCNc1nc(-c2ccccc2C)nc2ccc(Cl)cc12. The Bertz CT molecular complexity index is 799. The van der Waals surface area contributed by atoms with Crippen LogP contribution in [0.1, 0.15) is 12.5 Å². The van der Waals surface area contributed by atoms with Crippen LogP contribution in [-0.2, 0) is 0 Å². The average molecular weight is 298 g/mol. The van der Waals surface area contributed by atoms with Gasteiger partial charge in [-0.05, 0) is 37.6 Å². The molecule has 0 amide bonds. The summed E-state index contributed by atoms with van der Waals surface area (Å²) in [5, 5.41) is 4.93. The molecule has 0 saturated heterocycles. The van der Waals surface area contributed by atoms with Gasteiger partial charge < -0.3 is 5.32 Å². The van der Waals surface area contributed by atoms with E-state index in [2.05, 4.69) is 28.3 Å². The van der Waals surface area contributed by atoms with Gasteiger partial charge in [0, 0.05) is 22.5 Å². The first-order valence-electron chi connectivity index (χ1n) is 6.96. The molecule has 0 aliphatic rings. The predicted molar refractivity (Wildman–Crippen MR) is 88.9 cm³/mol. The van der Waals surface area contributed by atoms with Crippen molar-refractivity contribution in [3.63, 3.8) is 0 Å². The number of fused-ring (bicyclic) bond motifs is 1. The Kier molecular flexibility index (Phi) is 3.76. The minimum Gasteiger partial charge on any atom is -0.370 e. The number of hydrogen-bond donors (Lipinski definition) is 1. The van der Waals surface area contributed by atoms with Crippen LogP contribution in [0.2, 0.25) is 5.02 Å². The van der Waals surface area contributed by atoms with Crippen LogP contribution in [0.4, 0.5) is 5.82 Å². The maximum Gasteiger partial charge on any atom is 0.162 e. The van der Waals surface area contributed by atoms with Crippen LogP contribution in [-0.4, -0.2) is 16.5 Å². The van der Waals surface area contributed by atoms with Crippen molar-refractivity contribution in [3.8, 4) is 11.4 Å². The molecule has 2 aromatic carbocycles. The normalized spacial score (nSPS) is 10.8. The van der Waals surface area contributed by atoms with Crippen molar-refractivity contribution in [2.45, 2.75) is 13.8 Å². The van der Waals surface area contributed by atoms with E-state index >= 15 is 0 Å². The van der Waals surface area contributed by atoms with Crippen molar-refractivity contribution in [3.05, 3.63) is 53.1 Å². The maximum absolute atomic E-state index is 6.09. The van der Waals surface area contributed by atoms with E-state index in [0.717, 1.165) is 40.2 Å². The highest BCUT2D eigenvalue weighted by molar-refractivity contribution is 6.31. The number of anilines is 1. The molecule has 3 rings (SSSR count). The molecule has 0 spiro atoms. The lowest BCUT2D eigenvalue weighted by Gasteiger charge is -2.11. The fourth-order valence-corrected chi connectivity index (χ4v) is 2.52. The number of rotatable bonds is 3. The number of halogens is 1. The van der Waals surface area contributed by atoms with Gasteiger partial charge in [0.05, 0.1) is 5.52 Å². The minimum absolute atomic E-state index is 0.689. The third-order valence-corrected chi connectivity index (χ3v) is 3.62. The van der Waals surface area contributed by atoms with Crippen LogP contribution in [0.3, 0.4) is 0 Å². The number of benzene rings is 2. The summed E-state index contributed by atoms with van der Waals surface area (Å²) in [5.41, 5.74) is 3.10. The summed E-state index contributed by atoms with van der Waals surface area (Å²) < 4.78 is 0. The van der Waals surface area contributed by atoms with E-state index in [1.54, 1.807) is 0 Å².